The lowest BCUT2D eigenvalue weighted by Crippen LogP contribution is -2.45. The Kier molecular flexibility index (Phi) is 6.23. The van der Waals surface area contributed by atoms with Gasteiger partial charge in [0.15, 0.2) is 0 Å². The minimum absolute atomic E-state index is 0.264. The molecule has 1 N–H and O–H groups in total. The van der Waals surface area contributed by atoms with Crippen LogP contribution in [0.5, 0.6) is 5.75 Å². The van der Waals surface area contributed by atoms with Gasteiger partial charge in [-0.1, -0.05) is 18.2 Å². The molecule has 2 aromatic carbocycles. The number of hydrogen-bond donors (Lipinski definition) is 1. The molecule has 0 aliphatic heterocycles. The largest absolute Gasteiger partial charge is 0.495 e. The zero-order valence-corrected chi connectivity index (χ0v) is 16.1. The number of hydrogen-bond acceptors (Lipinski definition) is 4. The van der Waals surface area contributed by atoms with E-state index in [2.05, 4.69) is 5.32 Å². The van der Waals surface area contributed by atoms with Crippen LogP contribution in [-0.2, 0) is 21.0 Å². The lowest BCUT2D eigenvalue weighted by molar-refractivity contribution is -0.137. The molecule has 1 atom stereocenters. The minimum atomic E-state index is -4.65. The first-order valence-electron chi connectivity index (χ1n) is 8.05. The number of alkyl halides is 3. The normalized spacial score (nSPS) is 12.9. The number of nitrogens with zero attached hydrogens (tertiary/aromatic N) is 1. The molecule has 0 radical (unpaired) electrons. The van der Waals surface area contributed by atoms with E-state index < -0.39 is 33.7 Å². The summed E-state index contributed by atoms with van der Waals surface area (Å²) in [5, 5.41) is 2.54. The molecule has 0 bridgehead atoms. The van der Waals surface area contributed by atoms with E-state index in [4.69, 9.17) is 4.74 Å². The van der Waals surface area contributed by atoms with Crippen molar-refractivity contribution in [1.82, 2.24) is 0 Å². The van der Waals surface area contributed by atoms with E-state index in [1.165, 1.54) is 20.1 Å². The van der Waals surface area contributed by atoms with Crippen molar-refractivity contribution in [2.75, 3.05) is 23.0 Å². The Morgan fingerprint density at radius 2 is 1.79 bits per heavy atom. The lowest BCUT2D eigenvalue weighted by Gasteiger charge is -2.28. The van der Waals surface area contributed by atoms with Crippen LogP contribution >= 0.6 is 0 Å². The summed E-state index contributed by atoms with van der Waals surface area (Å²) in [5.41, 5.74) is -0.977. The number of carbonyl (C=O) groups is 1. The van der Waals surface area contributed by atoms with Crippen LogP contribution in [-0.4, -0.2) is 33.7 Å². The van der Waals surface area contributed by atoms with Crippen LogP contribution in [0.25, 0.3) is 0 Å². The first-order valence-corrected chi connectivity index (χ1v) is 9.90. The molecule has 0 aromatic heterocycles. The molecule has 0 aliphatic rings. The lowest BCUT2D eigenvalue weighted by atomic mass is 10.1. The topological polar surface area (TPSA) is 75.7 Å². The van der Waals surface area contributed by atoms with Gasteiger partial charge in [0.1, 0.15) is 11.8 Å². The quantitative estimate of drug-likeness (QED) is 0.782. The van der Waals surface area contributed by atoms with Crippen molar-refractivity contribution in [2.24, 2.45) is 0 Å². The molecule has 28 heavy (non-hydrogen) atoms. The Labute approximate surface area is 161 Å². The van der Waals surface area contributed by atoms with Crippen LogP contribution in [0, 0.1) is 0 Å². The third kappa shape index (κ3) is 4.94. The van der Waals surface area contributed by atoms with Gasteiger partial charge in [-0.3, -0.25) is 9.10 Å². The van der Waals surface area contributed by atoms with Crippen LogP contribution in [0.1, 0.15) is 12.5 Å². The smallest absolute Gasteiger partial charge is 0.416 e. The molecule has 0 fully saturated rings. The molecule has 2 aromatic rings. The van der Waals surface area contributed by atoms with Crippen LogP contribution < -0.4 is 14.4 Å². The third-order valence-electron chi connectivity index (χ3n) is 3.88. The van der Waals surface area contributed by atoms with E-state index >= 15 is 0 Å². The molecule has 0 unspecified atom stereocenters. The zero-order valence-electron chi connectivity index (χ0n) is 15.3. The number of carbonyl (C=O) groups excluding carboxylic acids is 1. The maximum absolute atomic E-state index is 13.0. The van der Waals surface area contributed by atoms with Gasteiger partial charge in [-0.15, -0.1) is 0 Å². The maximum Gasteiger partial charge on any atom is 0.416 e. The summed E-state index contributed by atoms with van der Waals surface area (Å²) in [7, 11) is -2.66. The van der Waals surface area contributed by atoms with Crippen LogP contribution in [0.15, 0.2) is 48.5 Å². The summed E-state index contributed by atoms with van der Waals surface area (Å²) >= 11 is 0. The molecular formula is C18H19F3N2O4S. The third-order valence-corrected chi connectivity index (χ3v) is 5.12. The van der Waals surface area contributed by atoms with Crippen molar-refractivity contribution in [3.8, 4) is 5.75 Å². The molecule has 6 nitrogen and oxygen atoms in total. The van der Waals surface area contributed by atoms with Crippen molar-refractivity contribution in [3.05, 3.63) is 54.1 Å². The summed E-state index contributed by atoms with van der Waals surface area (Å²) in [6.07, 6.45) is -3.83. The fraction of sp³-hybridized carbons (Fsp3) is 0.278. The second kappa shape index (κ2) is 8.09. The second-order valence-electron chi connectivity index (χ2n) is 5.97. The first kappa shape index (κ1) is 21.5. The number of amides is 1. The number of benzene rings is 2. The summed E-state index contributed by atoms with van der Waals surface area (Å²) in [5.74, 6) is -0.375. The average Bonchev–Trinajstić information content (AvgIpc) is 2.60. The van der Waals surface area contributed by atoms with E-state index in [-0.39, 0.29) is 5.69 Å². The van der Waals surface area contributed by atoms with E-state index in [9.17, 15) is 26.4 Å². The molecular weight excluding hydrogens is 397 g/mol. The van der Waals surface area contributed by atoms with Crippen molar-refractivity contribution in [1.29, 1.82) is 0 Å². The highest BCUT2D eigenvalue weighted by Crippen LogP contribution is 2.33. The molecule has 0 spiro atoms. The molecule has 0 aliphatic carbocycles. The van der Waals surface area contributed by atoms with E-state index in [1.54, 1.807) is 24.3 Å². The average molecular weight is 416 g/mol. The van der Waals surface area contributed by atoms with E-state index in [1.807, 2.05) is 0 Å². The Hall–Kier alpha value is -2.75. The number of nitrogens with one attached hydrogen (secondary N) is 1. The Morgan fingerprint density at radius 3 is 2.36 bits per heavy atom. The fourth-order valence-corrected chi connectivity index (χ4v) is 3.78. The van der Waals surface area contributed by atoms with E-state index in [0.29, 0.717) is 21.8 Å². The standard InChI is InChI=1S/C18H19F3N2O4S/c1-12(17(24)22-15-9-4-5-10-16(15)27-2)23(28(3,25)26)14-8-6-7-13(11-14)18(19,20)21/h4-12H,1-3H3,(H,22,24)/t12-/m1/s1. The summed E-state index contributed by atoms with van der Waals surface area (Å²) in [6, 6.07) is 8.96. The second-order valence-corrected chi connectivity index (χ2v) is 7.83. The molecule has 10 heteroatoms. The summed E-state index contributed by atoms with van der Waals surface area (Å²) < 4.78 is 69.3. The van der Waals surface area contributed by atoms with Crippen LogP contribution in [0.3, 0.4) is 0 Å². The predicted octanol–water partition coefficient (Wildman–Crippen LogP) is 3.51. The number of anilines is 2. The van der Waals surface area contributed by atoms with Crippen molar-refractivity contribution < 1.29 is 31.1 Å². The van der Waals surface area contributed by atoms with Crippen molar-refractivity contribution in [3.63, 3.8) is 0 Å². The minimum Gasteiger partial charge on any atom is -0.495 e. The highest BCUT2D eigenvalue weighted by Gasteiger charge is 2.34. The van der Waals surface area contributed by atoms with Crippen molar-refractivity contribution in [2.45, 2.75) is 19.1 Å². The fourth-order valence-electron chi connectivity index (χ4n) is 2.61. The zero-order chi connectivity index (χ0) is 21.1. The molecule has 0 saturated heterocycles. The first-order chi connectivity index (χ1) is 12.9. The monoisotopic (exact) mass is 416 g/mol. The van der Waals surface area contributed by atoms with Gasteiger partial charge < -0.3 is 10.1 Å². The number of sulfonamides is 1. The number of halogens is 3. The molecule has 1 amide bonds. The highest BCUT2D eigenvalue weighted by molar-refractivity contribution is 7.92. The molecule has 152 valence electrons. The SMILES string of the molecule is COc1ccccc1NC(=O)[C@@H](C)N(c1cccc(C(F)(F)F)c1)S(C)(=O)=O. The Bertz CT molecular complexity index is 961. The van der Waals surface area contributed by atoms with E-state index in [0.717, 1.165) is 18.4 Å². The van der Waals surface area contributed by atoms with Crippen LogP contribution in [0.2, 0.25) is 0 Å². The number of methoxy groups -OCH3 is 1. The Morgan fingerprint density at radius 1 is 1.14 bits per heavy atom. The van der Waals surface area contributed by atoms with Gasteiger partial charge in [0.2, 0.25) is 15.9 Å². The molecule has 0 heterocycles. The van der Waals surface area contributed by atoms with Gasteiger partial charge in [0, 0.05) is 0 Å². The van der Waals surface area contributed by atoms with Gasteiger partial charge >= 0.3 is 6.18 Å². The summed E-state index contributed by atoms with van der Waals surface area (Å²) in [6.45, 7) is 1.28. The summed E-state index contributed by atoms with van der Waals surface area (Å²) in [4.78, 5) is 12.6. The molecule has 2 rings (SSSR count). The van der Waals surface area contributed by atoms with Crippen molar-refractivity contribution >= 4 is 27.3 Å². The van der Waals surface area contributed by atoms with Gasteiger partial charge in [0.25, 0.3) is 0 Å². The van der Waals surface area contributed by atoms with Gasteiger partial charge in [-0.25, -0.2) is 8.42 Å². The Balaban J connectivity index is 2.40. The maximum atomic E-state index is 13.0. The number of rotatable bonds is 6. The van der Waals surface area contributed by atoms with Gasteiger partial charge in [-0.05, 0) is 37.3 Å². The van der Waals surface area contributed by atoms with Gasteiger partial charge in [0.05, 0.1) is 30.3 Å². The van der Waals surface area contributed by atoms with Crippen LogP contribution in [0.4, 0.5) is 24.5 Å². The van der Waals surface area contributed by atoms with Gasteiger partial charge in [-0.2, -0.15) is 13.2 Å². The predicted molar refractivity (Wildman–Crippen MR) is 99.9 cm³/mol. The number of para-hydroxylation sites is 2. The highest BCUT2D eigenvalue weighted by atomic mass is 32.2. The molecule has 0 saturated carbocycles. The number of ether oxygens (including phenoxy) is 1.